The quantitative estimate of drug-likeness (QED) is 0.341. The molecule has 12 heteroatoms. The number of carbonyl (C=O) groups is 3. The van der Waals surface area contributed by atoms with Gasteiger partial charge in [-0.05, 0) is 6.08 Å². The van der Waals surface area contributed by atoms with Gasteiger partial charge in [-0.25, -0.2) is 9.78 Å². The predicted molar refractivity (Wildman–Crippen MR) is 90.5 cm³/mol. The maximum atomic E-state index is 12.1. The molecular formula is C13H13N5O5S2. The van der Waals surface area contributed by atoms with E-state index in [0.717, 1.165) is 6.21 Å². The van der Waals surface area contributed by atoms with Crippen LogP contribution in [0.25, 0.3) is 0 Å². The highest BCUT2D eigenvalue weighted by atomic mass is 32.2. The van der Waals surface area contributed by atoms with Gasteiger partial charge in [0.15, 0.2) is 11.7 Å². The minimum absolute atomic E-state index is 0.0567. The summed E-state index contributed by atoms with van der Waals surface area (Å²) in [5.74, 6) is -1.79. The second kappa shape index (κ2) is 7.11. The number of carboxylic acid groups (broad SMARTS) is 1. The number of hydrogen-bond acceptors (Lipinski definition) is 9. The molecule has 0 aromatic carbocycles. The van der Waals surface area contributed by atoms with Crippen molar-refractivity contribution in [2.75, 3.05) is 11.5 Å². The van der Waals surface area contributed by atoms with E-state index >= 15 is 0 Å². The van der Waals surface area contributed by atoms with E-state index in [9.17, 15) is 14.4 Å². The summed E-state index contributed by atoms with van der Waals surface area (Å²) in [6, 6.07) is -0.787. The van der Waals surface area contributed by atoms with Gasteiger partial charge in [0.1, 0.15) is 23.3 Å². The second-order valence-corrected chi connectivity index (χ2v) is 7.04. The van der Waals surface area contributed by atoms with Crippen LogP contribution in [0, 0.1) is 0 Å². The summed E-state index contributed by atoms with van der Waals surface area (Å²) in [6.07, 6.45) is 2.38. The molecule has 10 nitrogen and oxygen atoms in total. The third-order valence-electron chi connectivity index (χ3n) is 3.39. The molecule has 0 bridgehead atoms. The Balaban J connectivity index is 1.49. The fourth-order valence-electron chi connectivity index (χ4n) is 2.31. The number of aromatic nitrogens is 1. The molecule has 1 aromatic heterocycles. The highest BCUT2D eigenvalue weighted by Gasteiger charge is 2.52. The van der Waals surface area contributed by atoms with E-state index in [2.05, 4.69) is 15.5 Å². The molecule has 3 rings (SSSR count). The van der Waals surface area contributed by atoms with Crippen molar-refractivity contribution in [3.8, 4) is 0 Å². The predicted octanol–water partition coefficient (Wildman–Crippen LogP) is -0.404. The Morgan fingerprint density at radius 1 is 1.60 bits per heavy atom. The molecule has 0 spiro atoms. The third kappa shape index (κ3) is 3.58. The van der Waals surface area contributed by atoms with Crippen LogP contribution in [0.2, 0.25) is 0 Å². The largest absolute Gasteiger partial charge is 0.477 e. The van der Waals surface area contributed by atoms with Crippen LogP contribution in [0.1, 0.15) is 5.69 Å². The Morgan fingerprint density at radius 3 is 3.08 bits per heavy atom. The van der Waals surface area contributed by atoms with Crippen LogP contribution >= 0.6 is 23.1 Å². The fraction of sp³-hybridized carbons (Fsp3) is 0.308. The number of rotatable bonds is 6. The van der Waals surface area contributed by atoms with Crippen LogP contribution in [-0.4, -0.2) is 56.2 Å². The summed E-state index contributed by atoms with van der Waals surface area (Å²) in [5.41, 5.74) is 6.01. The lowest BCUT2D eigenvalue weighted by Crippen LogP contribution is -2.70. The average Bonchev–Trinajstić information content (AvgIpc) is 3.00. The van der Waals surface area contributed by atoms with Crippen molar-refractivity contribution in [3.05, 3.63) is 22.8 Å². The molecule has 0 saturated carbocycles. The fourth-order valence-corrected chi connectivity index (χ4v) is 4.05. The smallest absolute Gasteiger partial charge is 0.352 e. The number of carbonyl (C=O) groups excluding carboxylic acids is 2. The van der Waals surface area contributed by atoms with Crippen LogP contribution in [0.15, 0.2) is 22.3 Å². The normalized spacial score (nSPS) is 22.2. The van der Waals surface area contributed by atoms with Gasteiger partial charge in [-0.2, -0.15) is 0 Å². The summed E-state index contributed by atoms with van der Waals surface area (Å²) in [4.78, 5) is 45.0. The van der Waals surface area contributed by atoms with E-state index in [-0.39, 0.29) is 12.3 Å². The average molecular weight is 383 g/mol. The zero-order valence-electron chi connectivity index (χ0n) is 12.6. The standard InChI is InChI=1S/C13H13N5O5S2/c14-13-16-6(5-25-13)4-23-15-3-8(19)17-9-10(20)18-7(12(21)22)1-2-24-11(9)18/h1,3,5,9,11H,2,4H2,(H2,14,16)(H,17,19)(H,21,22)/b15-3+. The molecule has 132 valence electrons. The summed E-state index contributed by atoms with van der Waals surface area (Å²) in [6.45, 7) is 0.0683. The number of nitrogens with zero attached hydrogens (tertiary/aromatic N) is 3. The number of thiazole rings is 1. The zero-order chi connectivity index (χ0) is 18.0. The molecule has 2 amide bonds. The van der Waals surface area contributed by atoms with Crippen molar-refractivity contribution >= 4 is 52.2 Å². The molecule has 1 aromatic rings. The molecular weight excluding hydrogens is 370 g/mol. The summed E-state index contributed by atoms with van der Waals surface area (Å²) >= 11 is 2.64. The van der Waals surface area contributed by atoms with Gasteiger partial charge in [0.05, 0.1) is 5.69 Å². The number of β-lactam (4-membered cyclic amide) rings is 1. The topological polar surface area (TPSA) is 147 Å². The van der Waals surface area contributed by atoms with Crippen molar-refractivity contribution in [1.29, 1.82) is 0 Å². The van der Waals surface area contributed by atoms with Gasteiger partial charge in [0.25, 0.3) is 11.8 Å². The SMILES string of the molecule is Nc1nc(CO/N=C/C(=O)NC2C(=O)N3C(C(=O)O)=CCSC23)cs1. The van der Waals surface area contributed by atoms with Crippen molar-refractivity contribution in [2.45, 2.75) is 18.0 Å². The van der Waals surface area contributed by atoms with Crippen molar-refractivity contribution in [2.24, 2.45) is 5.16 Å². The number of aliphatic carboxylic acids is 1. The number of nitrogen functional groups attached to an aromatic ring is 1. The Bertz CT molecular complexity index is 777. The first-order valence-electron chi connectivity index (χ1n) is 7.01. The van der Waals surface area contributed by atoms with Crippen LogP contribution in [-0.2, 0) is 25.8 Å². The summed E-state index contributed by atoms with van der Waals surface area (Å²) in [7, 11) is 0. The van der Waals surface area contributed by atoms with Gasteiger partial charge in [0, 0.05) is 11.1 Å². The van der Waals surface area contributed by atoms with Gasteiger partial charge in [-0.15, -0.1) is 23.1 Å². The van der Waals surface area contributed by atoms with Crippen LogP contribution in [0.5, 0.6) is 0 Å². The maximum absolute atomic E-state index is 12.1. The lowest BCUT2D eigenvalue weighted by Gasteiger charge is -2.48. The molecule has 2 unspecified atom stereocenters. The first kappa shape index (κ1) is 17.2. The first-order valence-corrected chi connectivity index (χ1v) is 8.94. The van der Waals surface area contributed by atoms with E-state index in [1.165, 1.54) is 34.1 Å². The van der Waals surface area contributed by atoms with Gasteiger partial charge in [0.2, 0.25) is 0 Å². The Hall–Kier alpha value is -2.60. The Kier molecular flexibility index (Phi) is 4.90. The van der Waals surface area contributed by atoms with Gasteiger partial charge in [-0.1, -0.05) is 5.16 Å². The number of nitrogens with two attached hydrogens (primary N) is 1. The van der Waals surface area contributed by atoms with Gasteiger partial charge in [-0.3, -0.25) is 14.5 Å². The molecule has 2 aliphatic heterocycles. The monoisotopic (exact) mass is 383 g/mol. The minimum Gasteiger partial charge on any atom is -0.477 e. The number of fused-ring (bicyclic) bond motifs is 1. The highest BCUT2D eigenvalue weighted by molar-refractivity contribution is 8.00. The van der Waals surface area contributed by atoms with Crippen LogP contribution < -0.4 is 11.1 Å². The van der Waals surface area contributed by atoms with Crippen LogP contribution in [0.3, 0.4) is 0 Å². The molecule has 1 saturated heterocycles. The lowest BCUT2D eigenvalue weighted by atomic mass is 10.1. The number of thioether (sulfide) groups is 1. The first-order chi connectivity index (χ1) is 12.0. The van der Waals surface area contributed by atoms with E-state index in [1.54, 1.807) is 5.38 Å². The van der Waals surface area contributed by atoms with Gasteiger partial charge >= 0.3 is 5.97 Å². The molecule has 3 heterocycles. The summed E-state index contributed by atoms with van der Waals surface area (Å²) < 4.78 is 0. The minimum atomic E-state index is -1.17. The highest BCUT2D eigenvalue weighted by Crippen LogP contribution is 2.37. The van der Waals surface area contributed by atoms with E-state index < -0.39 is 29.2 Å². The Morgan fingerprint density at radius 2 is 2.40 bits per heavy atom. The number of amides is 2. The molecule has 1 fully saturated rings. The number of nitrogens with one attached hydrogen (secondary N) is 1. The molecule has 2 aliphatic rings. The van der Waals surface area contributed by atoms with Crippen molar-refractivity contribution in [1.82, 2.24) is 15.2 Å². The van der Waals surface area contributed by atoms with Crippen molar-refractivity contribution < 1.29 is 24.3 Å². The van der Waals surface area contributed by atoms with Crippen LogP contribution in [0.4, 0.5) is 5.13 Å². The van der Waals surface area contributed by atoms with E-state index in [0.29, 0.717) is 16.6 Å². The number of hydrogen-bond donors (Lipinski definition) is 3. The molecule has 25 heavy (non-hydrogen) atoms. The number of anilines is 1. The third-order valence-corrected chi connectivity index (χ3v) is 5.30. The molecule has 0 aliphatic carbocycles. The lowest BCUT2D eigenvalue weighted by molar-refractivity contribution is -0.150. The van der Waals surface area contributed by atoms with E-state index in [4.69, 9.17) is 15.7 Å². The zero-order valence-corrected chi connectivity index (χ0v) is 14.2. The molecule has 0 radical (unpaired) electrons. The van der Waals surface area contributed by atoms with E-state index in [1.807, 2.05) is 0 Å². The summed E-state index contributed by atoms with van der Waals surface area (Å²) in [5, 5.41) is 16.8. The molecule has 2 atom stereocenters. The van der Waals surface area contributed by atoms with Crippen molar-refractivity contribution in [3.63, 3.8) is 0 Å². The van der Waals surface area contributed by atoms with Gasteiger partial charge < -0.3 is 21.0 Å². The number of carboxylic acids is 1. The maximum Gasteiger partial charge on any atom is 0.352 e. The molecule has 4 N–H and O–H groups in total. The number of oxime groups is 1. The second-order valence-electron chi connectivity index (χ2n) is 5.00. The Labute approximate surface area is 149 Å².